The topological polar surface area (TPSA) is 67.9 Å². The fraction of sp³-hybridized carbons (Fsp3) is 0.867. The van der Waals surface area contributed by atoms with Crippen molar-refractivity contribution in [1.29, 1.82) is 0 Å². The minimum Gasteiger partial charge on any atom is -0.468 e. The third-order valence-electron chi connectivity index (χ3n) is 3.20. The van der Waals surface area contributed by atoms with Gasteiger partial charge in [0.25, 0.3) is 0 Å². The quantitative estimate of drug-likeness (QED) is 0.575. The van der Waals surface area contributed by atoms with Gasteiger partial charge >= 0.3 is 12.1 Å². The van der Waals surface area contributed by atoms with E-state index in [1.807, 2.05) is 20.8 Å². The van der Waals surface area contributed by atoms with Crippen LogP contribution < -0.4 is 5.32 Å². The van der Waals surface area contributed by atoms with Crippen molar-refractivity contribution in [3.8, 4) is 0 Å². The van der Waals surface area contributed by atoms with Gasteiger partial charge in [-0.25, -0.2) is 4.79 Å². The van der Waals surface area contributed by atoms with E-state index in [9.17, 15) is 9.59 Å². The third kappa shape index (κ3) is 6.80. The highest BCUT2D eigenvalue weighted by atomic mass is 16.6. The molecule has 21 heavy (non-hydrogen) atoms. The molecule has 1 unspecified atom stereocenters. The summed E-state index contributed by atoms with van der Waals surface area (Å²) in [5.41, 5.74) is -0.470. The summed E-state index contributed by atoms with van der Waals surface area (Å²) in [5.74, 6) is -0.277. The Kier molecular flexibility index (Phi) is 6.45. The van der Waals surface area contributed by atoms with Crippen molar-refractivity contribution in [2.45, 2.75) is 64.6 Å². The Balaban J connectivity index is 2.32. The summed E-state index contributed by atoms with van der Waals surface area (Å²) in [6, 6.07) is -0.0104. The van der Waals surface area contributed by atoms with E-state index in [1.54, 1.807) is 11.8 Å². The lowest BCUT2D eigenvalue weighted by Gasteiger charge is -2.27. The van der Waals surface area contributed by atoms with Gasteiger partial charge in [-0.15, -0.1) is 0 Å². The number of ether oxygens (including phenoxy) is 2. The Bertz CT molecular complexity index is 361. The number of carbonyl (C=O) groups excluding carboxylic acids is 2. The molecule has 0 heterocycles. The van der Waals surface area contributed by atoms with E-state index in [1.165, 1.54) is 7.11 Å². The van der Waals surface area contributed by atoms with Crippen LogP contribution >= 0.6 is 0 Å². The lowest BCUT2D eigenvalue weighted by Crippen LogP contribution is -2.41. The van der Waals surface area contributed by atoms with Crippen LogP contribution in [-0.4, -0.2) is 54.8 Å². The molecule has 0 bridgehead atoms. The maximum Gasteiger partial charge on any atom is 0.410 e. The molecule has 0 aromatic carbocycles. The van der Waals surface area contributed by atoms with Gasteiger partial charge in [-0.3, -0.25) is 4.79 Å². The number of amides is 1. The van der Waals surface area contributed by atoms with Crippen molar-refractivity contribution in [3.63, 3.8) is 0 Å². The van der Waals surface area contributed by atoms with Crippen LogP contribution in [0.1, 0.15) is 47.0 Å². The summed E-state index contributed by atoms with van der Waals surface area (Å²) < 4.78 is 10.1. The number of esters is 1. The molecule has 1 saturated carbocycles. The average Bonchev–Trinajstić information content (AvgIpc) is 3.19. The van der Waals surface area contributed by atoms with E-state index in [0.717, 1.165) is 19.3 Å². The van der Waals surface area contributed by atoms with Crippen molar-refractivity contribution >= 4 is 12.1 Å². The molecule has 1 rings (SSSR count). The molecule has 0 aromatic heterocycles. The lowest BCUT2D eigenvalue weighted by molar-refractivity contribution is -0.142. The third-order valence-corrected chi connectivity index (χ3v) is 3.20. The van der Waals surface area contributed by atoms with Crippen LogP contribution in [0.5, 0.6) is 0 Å². The molecule has 6 heteroatoms. The van der Waals surface area contributed by atoms with Crippen LogP contribution in [0.15, 0.2) is 0 Å². The van der Waals surface area contributed by atoms with Gasteiger partial charge in [0.05, 0.1) is 7.11 Å². The first-order valence-corrected chi connectivity index (χ1v) is 7.55. The molecule has 1 amide bonds. The Labute approximate surface area is 127 Å². The van der Waals surface area contributed by atoms with Crippen LogP contribution in [0, 0.1) is 0 Å². The molecule has 6 nitrogen and oxygen atoms in total. The Morgan fingerprint density at radius 2 is 1.95 bits per heavy atom. The zero-order valence-electron chi connectivity index (χ0n) is 13.8. The predicted molar refractivity (Wildman–Crippen MR) is 80.1 cm³/mol. The van der Waals surface area contributed by atoms with Crippen molar-refractivity contribution in [2.75, 3.05) is 20.2 Å². The van der Waals surface area contributed by atoms with Gasteiger partial charge in [-0.05, 0) is 53.5 Å². The number of hydrogen-bond donors (Lipinski definition) is 1. The molecular formula is C15H28N2O4. The van der Waals surface area contributed by atoms with Crippen LogP contribution in [0.2, 0.25) is 0 Å². The Hall–Kier alpha value is -1.30. The molecule has 0 spiro atoms. The zero-order chi connectivity index (χ0) is 16.0. The summed E-state index contributed by atoms with van der Waals surface area (Å²) >= 11 is 0. The largest absolute Gasteiger partial charge is 0.468 e. The molecule has 1 aliphatic rings. The summed E-state index contributed by atoms with van der Waals surface area (Å²) in [6.07, 6.45) is 2.62. The van der Waals surface area contributed by atoms with E-state index < -0.39 is 5.60 Å². The second-order valence-corrected chi connectivity index (χ2v) is 6.46. The van der Waals surface area contributed by atoms with E-state index in [4.69, 9.17) is 4.74 Å². The number of carbonyl (C=O) groups is 2. The van der Waals surface area contributed by atoms with Gasteiger partial charge in [-0.2, -0.15) is 0 Å². The zero-order valence-corrected chi connectivity index (χ0v) is 13.8. The lowest BCUT2D eigenvalue weighted by atomic mass is 10.2. The highest BCUT2D eigenvalue weighted by Gasteiger charge is 2.34. The van der Waals surface area contributed by atoms with Gasteiger partial charge in [-0.1, -0.05) is 0 Å². The number of methoxy groups -OCH3 is 1. The van der Waals surface area contributed by atoms with Crippen LogP contribution in [-0.2, 0) is 14.3 Å². The molecule has 0 aliphatic heterocycles. The van der Waals surface area contributed by atoms with Crippen molar-refractivity contribution in [3.05, 3.63) is 0 Å². The number of rotatable bonds is 7. The van der Waals surface area contributed by atoms with Crippen molar-refractivity contribution in [2.24, 2.45) is 0 Å². The normalized spacial score (nSPS) is 16.2. The minimum absolute atomic E-state index is 0.244. The first-order chi connectivity index (χ1) is 9.74. The average molecular weight is 300 g/mol. The summed E-state index contributed by atoms with van der Waals surface area (Å²) in [5, 5.41) is 3.08. The van der Waals surface area contributed by atoms with Gasteiger partial charge < -0.3 is 19.7 Å². The smallest absolute Gasteiger partial charge is 0.410 e. The molecule has 1 atom stereocenters. The number of hydrogen-bond acceptors (Lipinski definition) is 5. The predicted octanol–water partition coefficient (Wildman–Crippen LogP) is 1.93. The standard InChI is InChI=1S/C15H28N2O4/c1-11(13(18)20-5)16-9-6-10-17(12-7-8-12)14(19)21-15(2,3)4/h11-12,16H,6-10H2,1-5H3. The molecule has 1 fully saturated rings. The summed E-state index contributed by atoms with van der Waals surface area (Å²) in [4.78, 5) is 25.2. The first-order valence-electron chi connectivity index (χ1n) is 7.55. The maximum absolute atomic E-state index is 12.1. The molecule has 122 valence electrons. The fourth-order valence-corrected chi connectivity index (χ4v) is 1.96. The Morgan fingerprint density at radius 1 is 1.33 bits per heavy atom. The molecule has 0 radical (unpaired) electrons. The van der Waals surface area contributed by atoms with Gasteiger partial charge in [0, 0.05) is 12.6 Å². The highest BCUT2D eigenvalue weighted by Crippen LogP contribution is 2.28. The van der Waals surface area contributed by atoms with Crippen LogP contribution in [0.4, 0.5) is 4.79 Å². The van der Waals surface area contributed by atoms with Crippen LogP contribution in [0.25, 0.3) is 0 Å². The van der Waals surface area contributed by atoms with Gasteiger partial charge in [0.2, 0.25) is 0 Å². The second-order valence-electron chi connectivity index (χ2n) is 6.46. The minimum atomic E-state index is -0.470. The summed E-state index contributed by atoms with van der Waals surface area (Å²) in [7, 11) is 1.37. The first kappa shape index (κ1) is 17.8. The second kappa shape index (κ2) is 7.64. The van der Waals surface area contributed by atoms with Crippen LogP contribution in [0.3, 0.4) is 0 Å². The highest BCUT2D eigenvalue weighted by molar-refractivity contribution is 5.75. The van der Waals surface area contributed by atoms with Gasteiger partial charge in [0.1, 0.15) is 11.6 Å². The van der Waals surface area contributed by atoms with E-state index >= 15 is 0 Å². The number of nitrogens with zero attached hydrogens (tertiary/aromatic N) is 1. The Morgan fingerprint density at radius 3 is 2.43 bits per heavy atom. The molecule has 1 N–H and O–H groups in total. The summed E-state index contributed by atoms with van der Waals surface area (Å²) in [6.45, 7) is 8.67. The van der Waals surface area contributed by atoms with Gasteiger partial charge in [0.15, 0.2) is 0 Å². The molecule has 0 saturated heterocycles. The molecule has 0 aromatic rings. The maximum atomic E-state index is 12.1. The SMILES string of the molecule is COC(=O)C(C)NCCCN(C(=O)OC(C)(C)C)C1CC1. The fourth-order valence-electron chi connectivity index (χ4n) is 1.96. The van der Waals surface area contributed by atoms with Crippen molar-refractivity contribution < 1.29 is 19.1 Å². The van der Waals surface area contributed by atoms with E-state index in [-0.39, 0.29) is 18.1 Å². The number of nitrogens with one attached hydrogen (secondary N) is 1. The van der Waals surface area contributed by atoms with E-state index in [2.05, 4.69) is 10.1 Å². The molecular weight excluding hydrogens is 272 g/mol. The molecule has 1 aliphatic carbocycles. The van der Waals surface area contributed by atoms with Crippen molar-refractivity contribution in [1.82, 2.24) is 10.2 Å². The van der Waals surface area contributed by atoms with E-state index in [0.29, 0.717) is 19.1 Å². The monoisotopic (exact) mass is 300 g/mol.